The van der Waals surface area contributed by atoms with Crippen LogP contribution in [0.2, 0.25) is 5.02 Å². The summed E-state index contributed by atoms with van der Waals surface area (Å²) >= 11 is 7.48. The van der Waals surface area contributed by atoms with Gasteiger partial charge in [0.2, 0.25) is 0 Å². The molecular weight excluding hydrogens is 564 g/mol. The van der Waals surface area contributed by atoms with E-state index in [9.17, 15) is 18.0 Å². The zero-order valence-corrected chi connectivity index (χ0v) is 23.7. The number of H-pyrrole nitrogens is 1. The quantitative estimate of drug-likeness (QED) is 0.450. The van der Waals surface area contributed by atoms with Gasteiger partial charge in [-0.2, -0.15) is 4.31 Å². The van der Waals surface area contributed by atoms with Gasteiger partial charge in [0.25, 0.3) is 15.9 Å². The highest BCUT2D eigenvalue weighted by molar-refractivity contribution is 7.89. The van der Waals surface area contributed by atoms with E-state index in [1.807, 2.05) is 0 Å². The largest absolute Gasteiger partial charge is 0.448 e. The molecular formula is C25H29ClN6O5S2. The third kappa shape index (κ3) is 5.13. The Morgan fingerprint density at radius 1 is 1.26 bits per heavy atom. The molecule has 0 spiro atoms. The van der Waals surface area contributed by atoms with Crippen molar-refractivity contribution in [3.05, 3.63) is 44.9 Å². The number of benzene rings is 1. The summed E-state index contributed by atoms with van der Waals surface area (Å²) in [6.07, 6.45) is 0.791. The minimum absolute atomic E-state index is 0.0793. The number of nitrogens with zero attached hydrogens (tertiary/aromatic N) is 4. The van der Waals surface area contributed by atoms with Gasteiger partial charge in [-0.3, -0.25) is 4.79 Å². The first-order valence-electron chi connectivity index (χ1n) is 12.9. The summed E-state index contributed by atoms with van der Waals surface area (Å²) < 4.78 is 33.8. The number of cyclic esters (lactones) is 1. The summed E-state index contributed by atoms with van der Waals surface area (Å²) in [4.78, 5) is 37.8. The Balaban J connectivity index is 1.25. The van der Waals surface area contributed by atoms with Gasteiger partial charge in [0.15, 0.2) is 5.01 Å². The van der Waals surface area contributed by atoms with Crippen LogP contribution >= 0.6 is 22.9 Å². The number of ether oxygens (including phenoxy) is 1. The Bertz CT molecular complexity index is 1540. The maximum atomic E-state index is 13.7. The molecule has 3 aliphatic heterocycles. The molecule has 5 heterocycles. The van der Waals surface area contributed by atoms with Gasteiger partial charge >= 0.3 is 6.09 Å². The summed E-state index contributed by atoms with van der Waals surface area (Å²) in [6.45, 7) is 4.42. The second-order valence-electron chi connectivity index (χ2n) is 10.1. The van der Waals surface area contributed by atoms with Crippen LogP contribution in [0.3, 0.4) is 0 Å². The van der Waals surface area contributed by atoms with Crippen molar-refractivity contribution in [1.82, 2.24) is 29.4 Å². The molecule has 3 aromatic rings. The van der Waals surface area contributed by atoms with E-state index in [2.05, 4.69) is 22.2 Å². The van der Waals surface area contributed by atoms with Gasteiger partial charge in [0, 0.05) is 72.0 Å². The van der Waals surface area contributed by atoms with Gasteiger partial charge in [-0.05, 0) is 37.6 Å². The number of sulfonamides is 1. The number of amides is 2. The number of fused-ring (bicyclic) bond motifs is 2. The molecule has 6 rings (SSSR count). The van der Waals surface area contributed by atoms with E-state index < -0.39 is 16.1 Å². The molecule has 0 bridgehead atoms. The SMILES string of the molecule is CC1Cc2nc(C(=O)N3CCN(S(=O)(=O)c4cc5cc(Cl)ccc5[nH]4)CC3CCN3CCOC3=O)sc2CN1. The van der Waals surface area contributed by atoms with E-state index in [0.717, 1.165) is 17.0 Å². The average molecular weight is 593 g/mol. The first-order valence-corrected chi connectivity index (χ1v) is 15.6. The van der Waals surface area contributed by atoms with E-state index in [-0.39, 0.29) is 36.7 Å². The number of carbonyl (C=O) groups excluding carboxylic acids is 2. The lowest BCUT2D eigenvalue weighted by molar-refractivity contribution is 0.0538. The summed E-state index contributed by atoms with van der Waals surface area (Å²) in [5, 5.41) is 5.12. The van der Waals surface area contributed by atoms with Crippen molar-refractivity contribution in [3.63, 3.8) is 0 Å². The molecule has 39 heavy (non-hydrogen) atoms. The number of halogens is 1. The Hall–Kier alpha value is -2.71. The van der Waals surface area contributed by atoms with E-state index in [1.54, 1.807) is 34.1 Å². The van der Waals surface area contributed by atoms with Crippen molar-refractivity contribution < 1.29 is 22.7 Å². The number of carbonyl (C=O) groups is 2. The van der Waals surface area contributed by atoms with Crippen LogP contribution in [0.1, 0.15) is 33.7 Å². The fraction of sp³-hybridized carbons (Fsp3) is 0.480. The average Bonchev–Trinajstić information content (AvgIpc) is 3.64. The van der Waals surface area contributed by atoms with Crippen molar-refractivity contribution in [1.29, 1.82) is 0 Å². The van der Waals surface area contributed by atoms with E-state index in [4.69, 9.17) is 16.3 Å². The zero-order valence-electron chi connectivity index (χ0n) is 21.4. The van der Waals surface area contributed by atoms with Crippen LogP contribution in [-0.2, 0) is 27.7 Å². The monoisotopic (exact) mass is 592 g/mol. The zero-order chi connectivity index (χ0) is 27.3. The predicted molar refractivity (Wildman–Crippen MR) is 147 cm³/mol. The molecule has 2 fully saturated rings. The number of nitrogens with one attached hydrogen (secondary N) is 2. The minimum Gasteiger partial charge on any atom is -0.448 e. The standard InChI is InChI=1S/C25H29ClN6O5S2/c1-15-10-20-21(13-27-15)38-23(29-20)24(33)32-7-6-31(14-18(32)4-5-30-8-9-37-25(30)34)39(35,36)22-12-16-11-17(26)2-3-19(16)28-22/h2-3,11-12,15,18,27-28H,4-10,13-14H2,1H3. The molecule has 0 radical (unpaired) electrons. The molecule has 2 aromatic heterocycles. The highest BCUT2D eigenvalue weighted by Crippen LogP contribution is 2.29. The maximum absolute atomic E-state index is 13.7. The number of hydrogen-bond donors (Lipinski definition) is 2. The van der Waals surface area contributed by atoms with Gasteiger partial charge in [-0.25, -0.2) is 18.2 Å². The second-order valence-corrected chi connectivity index (χ2v) is 13.6. The molecule has 2 N–H and O–H groups in total. The molecule has 1 aromatic carbocycles. The van der Waals surface area contributed by atoms with Crippen LogP contribution in [0.25, 0.3) is 10.9 Å². The number of piperazine rings is 1. The molecule has 14 heteroatoms. The number of rotatable bonds is 6. The van der Waals surface area contributed by atoms with E-state index >= 15 is 0 Å². The summed E-state index contributed by atoms with van der Waals surface area (Å²) in [5.74, 6) is -0.201. The Kier molecular flexibility index (Phi) is 7.04. The van der Waals surface area contributed by atoms with Crippen LogP contribution in [0.5, 0.6) is 0 Å². The topological polar surface area (TPSA) is 128 Å². The normalized spacial score (nSPS) is 22.4. The molecule has 2 amide bonds. The molecule has 208 valence electrons. The van der Waals surface area contributed by atoms with Crippen molar-refractivity contribution in [2.45, 2.75) is 43.4 Å². The second kappa shape index (κ2) is 10.4. The molecule has 0 aliphatic carbocycles. The number of aromatic amines is 1. The molecule has 0 saturated carbocycles. The third-order valence-electron chi connectivity index (χ3n) is 7.53. The lowest BCUT2D eigenvalue weighted by Gasteiger charge is -2.40. The summed E-state index contributed by atoms with van der Waals surface area (Å²) in [5.41, 5.74) is 1.62. The van der Waals surface area contributed by atoms with Gasteiger partial charge in [-0.1, -0.05) is 11.6 Å². The van der Waals surface area contributed by atoms with Crippen LogP contribution in [0.4, 0.5) is 4.79 Å². The fourth-order valence-corrected chi connectivity index (χ4v) is 8.03. The van der Waals surface area contributed by atoms with E-state index in [0.29, 0.717) is 59.6 Å². The van der Waals surface area contributed by atoms with E-state index in [1.165, 1.54) is 15.6 Å². The Morgan fingerprint density at radius 2 is 2.10 bits per heavy atom. The third-order valence-corrected chi connectivity index (χ3v) is 10.6. The Morgan fingerprint density at radius 3 is 2.90 bits per heavy atom. The lowest BCUT2D eigenvalue weighted by Crippen LogP contribution is -2.57. The number of hydrogen-bond acceptors (Lipinski definition) is 8. The van der Waals surface area contributed by atoms with Crippen LogP contribution in [0.15, 0.2) is 29.3 Å². The number of thiazole rings is 1. The van der Waals surface area contributed by atoms with Crippen LogP contribution in [-0.4, -0.2) is 95.9 Å². The van der Waals surface area contributed by atoms with Crippen molar-refractivity contribution in [2.24, 2.45) is 0 Å². The molecule has 2 atom stereocenters. The first-order chi connectivity index (χ1) is 18.7. The molecule has 11 nitrogen and oxygen atoms in total. The first kappa shape index (κ1) is 26.5. The minimum atomic E-state index is -3.87. The van der Waals surface area contributed by atoms with Gasteiger partial charge in [-0.15, -0.1) is 11.3 Å². The highest BCUT2D eigenvalue weighted by Gasteiger charge is 2.39. The van der Waals surface area contributed by atoms with Gasteiger partial charge < -0.3 is 24.8 Å². The van der Waals surface area contributed by atoms with Crippen molar-refractivity contribution in [3.8, 4) is 0 Å². The smallest absolute Gasteiger partial charge is 0.409 e. The number of aromatic nitrogens is 2. The van der Waals surface area contributed by atoms with Crippen molar-refractivity contribution >= 4 is 55.9 Å². The Labute approximate surface area is 235 Å². The van der Waals surface area contributed by atoms with Crippen molar-refractivity contribution in [2.75, 3.05) is 39.3 Å². The predicted octanol–water partition coefficient (Wildman–Crippen LogP) is 2.67. The van der Waals surface area contributed by atoms with Gasteiger partial charge in [0.05, 0.1) is 12.2 Å². The summed E-state index contributed by atoms with van der Waals surface area (Å²) in [6, 6.07) is 6.60. The highest BCUT2D eigenvalue weighted by atomic mass is 35.5. The summed E-state index contributed by atoms with van der Waals surface area (Å²) in [7, 11) is -3.87. The molecule has 3 aliphatic rings. The molecule has 2 unspecified atom stereocenters. The molecule has 2 saturated heterocycles. The van der Waals surface area contributed by atoms with Crippen LogP contribution in [0, 0.1) is 0 Å². The maximum Gasteiger partial charge on any atom is 0.409 e. The van der Waals surface area contributed by atoms with Gasteiger partial charge in [0.1, 0.15) is 11.6 Å². The lowest BCUT2D eigenvalue weighted by atomic mass is 10.1. The van der Waals surface area contributed by atoms with Crippen LogP contribution < -0.4 is 5.32 Å². The fourth-order valence-electron chi connectivity index (χ4n) is 5.37.